The molecule has 0 aromatic carbocycles. The van der Waals surface area contributed by atoms with Crippen molar-refractivity contribution < 1.29 is 13.9 Å². The summed E-state index contributed by atoms with van der Waals surface area (Å²) in [6.45, 7) is 6.67. The molecule has 9 heteroatoms. The maximum absolute atomic E-state index is 14.1. The predicted molar refractivity (Wildman–Crippen MR) is 112 cm³/mol. The van der Waals surface area contributed by atoms with Crippen LogP contribution in [0.2, 0.25) is 0 Å². The van der Waals surface area contributed by atoms with Gasteiger partial charge >= 0.3 is 0 Å². The van der Waals surface area contributed by atoms with Crippen LogP contribution in [0.25, 0.3) is 5.65 Å². The molecular weight excluding hydrogens is 399 g/mol. The Balaban J connectivity index is 1.26. The number of ether oxygens (including phenoxy) is 1. The second-order valence-corrected chi connectivity index (χ2v) is 8.28. The molecule has 1 fully saturated rings. The van der Waals surface area contributed by atoms with Crippen molar-refractivity contribution >= 4 is 17.2 Å². The molecule has 0 radical (unpaired) electrons. The second kappa shape index (κ2) is 7.47. The van der Waals surface area contributed by atoms with Crippen molar-refractivity contribution in [1.82, 2.24) is 24.5 Å². The highest BCUT2D eigenvalue weighted by molar-refractivity contribution is 5.78. The topological polar surface area (TPSA) is 75.9 Å². The fourth-order valence-electron chi connectivity index (χ4n) is 4.77. The van der Waals surface area contributed by atoms with Crippen molar-refractivity contribution in [1.29, 1.82) is 0 Å². The van der Waals surface area contributed by atoms with Crippen molar-refractivity contribution in [2.24, 2.45) is 5.92 Å². The zero-order chi connectivity index (χ0) is 21.7. The molecule has 2 aliphatic rings. The van der Waals surface area contributed by atoms with Gasteiger partial charge < -0.3 is 14.5 Å². The number of carbonyl (C=O) groups excluding carboxylic acids is 1. The number of nitrogens with zero attached hydrogens (tertiary/aromatic N) is 6. The predicted octanol–water partition coefficient (Wildman–Crippen LogP) is 2.51. The molecule has 0 N–H and O–H groups in total. The van der Waals surface area contributed by atoms with Gasteiger partial charge in [-0.3, -0.25) is 4.79 Å². The number of rotatable bonds is 5. The lowest BCUT2D eigenvalue weighted by Crippen LogP contribution is -2.49. The third-order valence-electron chi connectivity index (χ3n) is 6.50. The van der Waals surface area contributed by atoms with Crippen LogP contribution < -0.4 is 9.64 Å². The molecule has 5 rings (SSSR count). The lowest BCUT2D eigenvalue weighted by atomic mass is 9.95. The van der Waals surface area contributed by atoms with Gasteiger partial charge in [-0.25, -0.2) is 18.9 Å². The average Bonchev–Trinajstić information content (AvgIpc) is 3.39. The van der Waals surface area contributed by atoms with E-state index in [9.17, 15) is 9.18 Å². The van der Waals surface area contributed by atoms with Gasteiger partial charge in [0.1, 0.15) is 6.33 Å². The summed E-state index contributed by atoms with van der Waals surface area (Å²) in [5.74, 6) is 0.333. The van der Waals surface area contributed by atoms with Crippen molar-refractivity contribution in [2.45, 2.75) is 39.8 Å². The molecular formula is C22H25FN6O2. The van der Waals surface area contributed by atoms with E-state index in [0.29, 0.717) is 44.2 Å². The van der Waals surface area contributed by atoms with E-state index in [1.807, 2.05) is 14.3 Å². The number of methoxy groups -OCH3 is 1. The zero-order valence-electron chi connectivity index (χ0n) is 17.9. The van der Waals surface area contributed by atoms with Crippen LogP contribution in [0.5, 0.6) is 5.88 Å². The average molecular weight is 424 g/mol. The van der Waals surface area contributed by atoms with E-state index < -0.39 is 0 Å². The lowest BCUT2D eigenvalue weighted by molar-refractivity contribution is -0.133. The van der Waals surface area contributed by atoms with E-state index in [1.54, 1.807) is 12.4 Å². The van der Waals surface area contributed by atoms with Crippen molar-refractivity contribution in [3.8, 4) is 5.88 Å². The largest absolute Gasteiger partial charge is 0.481 e. The molecule has 0 saturated carbocycles. The zero-order valence-corrected chi connectivity index (χ0v) is 17.9. The number of halogens is 1. The Labute approximate surface area is 179 Å². The molecule has 0 spiro atoms. The molecule has 0 bridgehead atoms. The quantitative estimate of drug-likeness (QED) is 0.627. The van der Waals surface area contributed by atoms with E-state index in [1.165, 1.54) is 30.0 Å². The van der Waals surface area contributed by atoms with Crippen LogP contribution >= 0.6 is 0 Å². The first kappa shape index (κ1) is 19.7. The summed E-state index contributed by atoms with van der Waals surface area (Å²) in [7, 11) is 1.51. The standard InChI is InChI=1S/C22H25FN6O2/c1-4-15-13(2)16-10-28(11-19(16)29-22(15)25-12-26-29)21(30)5-14-8-27(9-14)18-6-20(31-3)24-7-17(18)23/h6-7,12,14H,4-5,8-11H2,1-3H3. The summed E-state index contributed by atoms with van der Waals surface area (Å²) in [6.07, 6.45) is 4.08. The number of hydrogen-bond donors (Lipinski definition) is 0. The van der Waals surface area contributed by atoms with Gasteiger partial charge in [-0.15, -0.1) is 0 Å². The third kappa shape index (κ3) is 3.19. The van der Waals surface area contributed by atoms with Crippen LogP contribution in [-0.4, -0.2) is 50.6 Å². The first-order valence-electron chi connectivity index (χ1n) is 10.5. The number of hydrogen-bond acceptors (Lipinski definition) is 6. The molecule has 3 aromatic rings. The van der Waals surface area contributed by atoms with Gasteiger partial charge in [-0.05, 0) is 30.0 Å². The van der Waals surface area contributed by atoms with Gasteiger partial charge in [-0.2, -0.15) is 5.10 Å². The van der Waals surface area contributed by atoms with E-state index in [-0.39, 0.29) is 17.6 Å². The van der Waals surface area contributed by atoms with Gasteiger partial charge in [0.25, 0.3) is 0 Å². The minimum Gasteiger partial charge on any atom is -0.481 e. The molecule has 1 amide bonds. The molecule has 3 aromatic heterocycles. The Hall–Kier alpha value is -3.23. The van der Waals surface area contributed by atoms with Crippen LogP contribution in [0, 0.1) is 18.7 Å². The molecule has 0 aliphatic carbocycles. The van der Waals surface area contributed by atoms with Crippen molar-refractivity contribution in [3.05, 3.63) is 46.8 Å². The number of pyridine rings is 2. The SMILES string of the molecule is CCc1c(C)c2c(n3ncnc13)CN(C(=O)CC1CN(c3cc(OC)ncc3F)C1)C2. The Kier molecular flexibility index (Phi) is 4.75. The first-order chi connectivity index (χ1) is 15.0. The number of anilines is 1. The summed E-state index contributed by atoms with van der Waals surface area (Å²) in [4.78, 5) is 25.2. The normalized spacial score (nSPS) is 16.0. The number of carbonyl (C=O) groups is 1. The summed E-state index contributed by atoms with van der Waals surface area (Å²) in [5, 5.41) is 4.40. The summed E-state index contributed by atoms with van der Waals surface area (Å²) in [6, 6.07) is 1.60. The molecule has 5 heterocycles. The smallest absolute Gasteiger partial charge is 0.223 e. The molecule has 0 unspecified atom stereocenters. The van der Waals surface area contributed by atoms with Crippen molar-refractivity contribution in [3.63, 3.8) is 0 Å². The molecule has 31 heavy (non-hydrogen) atoms. The highest BCUT2D eigenvalue weighted by atomic mass is 19.1. The Bertz CT molecular complexity index is 1170. The van der Waals surface area contributed by atoms with Gasteiger partial charge in [0, 0.05) is 38.0 Å². The van der Waals surface area contributed by atoms with Crippen LogP contribution in [0.1, 0.15) is 35.7 Å². The van der Waals surface area contributed by atoms with Gasteiger partial charge in [0.05, 0.1) is 31.2 Å². The van der Waals surface area contributed by atoms with Crippen LogP contribution in [0.15, 0.2) is 18.6 Å². The molecule has 8 nitrogen and oxygen atoms in total. The minimum atomic E-state index is -0.375. The fraction of sp³-hybridized carbons (Fsp3) is 0.455. The summed E-state index contributed by atoms with van der Waals surface area (Å²) < 4.78 is 21.1. The van der Waals surface area contributed by atoms with Crippen LogP contribution in [0.3, 0.4) is 0 Å². The van der Waals surface area contributed by atoms with Gasteiger partial charge in [0.2, 0.25) is 11.8 Å². The monoisotopic (exact) mass is 424 g/mol. The maximum atomic E-state index is 14.1. The number of amides is 1. The first-order valence-corrected chi connectivity index (χ1v) is 10.5. The highest BCUT2D eigenvalue weighted by Crippen LogP contribution is 2.33. The summed E-state index contributed by atoms with van der Waals surface area (Å²) >= 11 is 0. The van der Waals surface area contributed by atoms with E-state index in [2.05, 4.69) is 28.9 Å². The van der Waals surface area contributed by atoms with E-state index in [4.69, 9.17) is 4.74 Å². The Morgan fingerprint density at radius 2 is 2.10 bits per heavy atom. The molecule has 1 saturated heterocycles. The highest BCUT2D eigenvalue weighted by Gasteiger charge is 2.35. The van der Waals surface area contributed by atoms with Crippen LogP contribution in [0.4, 0.5) is 10.1 Å². The van der Waals surface area contributed by atoms with Gasteiger partial charge in [0.15, 0.2) is 11.5 Å². The third-order valence-corrected chi connectivity index (χ3v) is 6.50. The second-order valence-electron chi connectivity index (χ2n) is 8.28. The fourth-order valence-corrected chi connectivity index (χ4v) is 4.77. The molecule has 162 valence electrons. The Morgan fingerprint density at radius 3 is 2.84 bits per heavy atom. The lowest BCUT2D eigenvalue weighted by Gasteiger charge is -2.41. The van der Waals surface area contributed by atoms with E-state index in [0.717, 1.165) is 17.8 Å². The summed E-state index contributed by atoms with van der Waals surface area (Å²) in [5.41, 5.74) is 6.00. The number of fused-ring (bicyclic) bond motifs is 3. The molecule has 2 aliphatic heterocycles. The Morgan fingerprint density at radius 1 is 1.29 bits per heavy atom. The van der Waals surface area contributed by atoms with E-state index >= 15 is 0 Å². The van der Waals surface area contributed by atoms with Gasteiger partial charge in [-0.1, -0.05) is 6.92 Å². The van der Waals surface area contributed by atoms with Crippen LogP contribution in [-0.2, 0) is 24.3 Å². The molecule has 0 atom stereocenters. The van der Waals surface area contributed by atoms with Crippen molar-refractivity contribution in [2.75, 3.05) is 25.1 Å². The number of aryl methyl sites for hydroxylation is 1. The minimum absolute atomic E-state index is 0.124. The maximum Gasteiger partial charge on any atom is 0.223 e. The number of aromatic nitrogens is 4.